The molecular formula is C39H54Cl5F3N7O10PS. The Bertz CT molecular complexity index is 2060. The molecule has 0 fully saturated rings. The van der Waals surface area contributed by atoms with Crippen molar-refractivity contribution in [2.75, 3.05) is 74.9 Å². The van der Waals surface area contributed by atoms with Gasteiger partial charge in [0.15, 0.2) is 4.84 Å². The smallest absolute Gasteiger partial charge is 0.416 e. The summed E-state index contributed by atoms with van der Waals surface area (Å²) < 4.78 is 53.8. The minimum atomic E-state index is -4.63. The van der Waals surface area contributed by atoms with E-state index in [0.717, 1.165) is 34.1 Å². The molecule has 0 aliphatic carbocycles. The van der Waals surface area contributed by atoms with Gasteiger partial charge in [-0.15, -0.1) is 24.8 Å². The van der Waals surface area contributed by atoms with E-state index in [1.807, 2.05) is 31.3 Å². The van der Waals surface area contributed by atoms with Crippen LogP contribution in [0.1, 0.15) is 30.5 Å². The van der Waals surface area contributed by atoms with Crippen molar-refractivity contribution in [3.05, 3.63) is 98.7 Å². The number of methoxy groups -OCH3 is 1. The molecule has 2 atom stereocenters. The average molecular weight is 1080 g/mol. The van der Waals surface area contributed by atoms with Gasteiger partial charge in [0.1, 0.15) is 25.4 Å². The monoisotopic (exact) mass is 1080 g/mol. The Morgan fingerprint density at radius 3 is 2.02 bits per heavy atom. The number of alkyl halides is 6. The highest BCUT2D eigenvalue weighted by molar-refractivity contribution is 7.94. The number of rotatable bonds is 17. The fourth-order valence-electron chi connectivity index (χ4n) is 4.93. The molecule has 0 bridgehead atoms. The van der Waals surface area contributed by atoms with Gasteiger partial charge in [-0.05, 0) is 54.4 Å². The maximum absolute atomic E-state index is 12.6. The second kappa shape index (κ2) is 32.2. The summed E-state index contributed by atoms with van der Waals surface area (Å²) in [7, 11) is -2.07. The number of hydrogen-bond donors (Lipinski definition) is 4. The van der Waals surface area contributed by atoms with E-state index in [-0.39, 0.29) is 39.5 Å². The number of carboxylic acid groups (broad SMARTS) is 1. The van der Waals surface area contributed by atoms with E-state index in [1.165, 1.54) is 4.90 Å². The third-order valence-corrected chi connectivity index (χ3v) is 9.30. The topological polar surface area (TPSA) is 247 Å². The number of ether oxygens (including phenoxy) is 1. The van der Waals surface area contributed by atoms with Crippen molar-refractivity contribution in [1.29, 1.82) is 0 Å². The molecule has 0 aliphatic heterocycles. The molecule has 0 radical (unpaired) electrons. The molecule has 2 unspecified atom stereocenters. The van der Waals surface area contributed by atoms with Gasteiger partial charge < -0.3 is 39.7 Å². The van der Waals surface area contributed by atoms with Gasteiger partial charge in [0.2, 0.25) is 11.7 Å². The van der Waals surface area contributed by atoms with Gasteiger partial charge in [-0.1, -0.05) is 83.7 Å². The average Bonchev–Trinajstić information content (AvgIpc) is 3.58. The van der Waals surface area contributed by atoms with Crippen molar-refractivity contribution in [3.63, 3.8) is 0 Å². The van der Waals surface area contributed by atoms with Crippen molar-refractivity contribution >= 4 is 111 Å². The van der Waals surface area contributed by atoms with Crippen molar-refractivity contribution in [2.24, 2.45) is 0 Å². The lowest BCUT2D eigenvalue weighted by molar-refractivity contribution is -0.383. The van der Waals surface area contributed by atoms with Crippen LogP contribution < -0.4 is 20.8 Å². The number of nitrogens with zero attached hydrogens (tertiary/aromatic N) is 5. The zero-order chi connectivity index (χ0) is 51.7. The molecule has 0 spiro atoms. The Labute approximate surface area is 409 Å². The Morgan fingerprint density at radius 1 is 1.14 bits per heavy atom. The Morgan fingerprint density at radius 2 is 1.65 bits per heavy atom. The van der Waals surface area contributed by atoms with Crippen LogP contribution in [-0.2, 0) is 47.2 Å². The van der Waals surface area contributed by atoms with E-state index < -0.39 is 59.4 Å². The molecule has 0 saturated carbocycles. The molecule has 2 aromatic carbocycles. The fourth-order valence-corrected chi connectivity index (χ4v) is 6.38. The summed E-state index contributed by atoms with van der Waals surface area (Å²) >= 11 is 28.1. The van der Waals surface area contributed by atoms with Crippen LogP contribution in [0.25, 0.3) is 5.69 Å². The van der Waals surface area contributed by atoms with Crippen LogP contribution in [0.15, 0.2) is 61.8 Å². The highest BCUT2D eigenvalue weighted by Gasteiger charge is 2.33. The van der Waals surface area contributed by atoms with E-state index in [4.69, 9.17) is 78.5 Å². The largest absolute Gasteiger partial charge is 0.778 e. The number of nitrogen functional groups attached to an aromatic ring is 1. The summed E-state index contributed by atoms with van der Waals surface area (Å²) in [4.78, 5) is 63.3. The molecule has 0 saturated heterocycles. The number of aryl methyl sites for hydroxylation is 2. The van der Waals surface area contributed by atoms with E-state index in [2.05, 4.69) is 50.0 Å². The highest BCUT2D eigenvalue weighted by Crippen LogP contribution is 2.39. The lowest BCUT2D eigenvalue weighted by atomic mass is 10.0. The van der Waals surface area contributed by atoms with E-state index in [1.54, 1.807) is 24.2 Å². The number of anilines is 2. The first-order valence-electron chi connectivity index (χ1n) is 18.7. The van der Waals surface area contributed by atoms with E-state index >= 15 is 0 Å². The SMILES string of the molecule is C=CCN(CC=C)C(=O)C(Cl)Cl.CCc1cccc(C)c1N(C(=O)CCl)C(C)COC.C[S+](C)C.Nc1c([N+](=O)[O-])cnn1-c1c(Cl)cc(C(F)(F)F)cc1Cl.O=C(O)CNCP(=O)([O-])O. The number of nitrogens with one attached hydrogen (secondary N) is 1. The standard InChI is InChI=1S/C15H22ClNO2.C10H5Cl2F3N4O2.C8H11Cl2NO.C3H8NO5P.C3H9S/c1-5-13-8-6-7-11(2)15(13)17(14(18)9-16)12(3)10-19-4;11-5-1-4(10(13,14)15)2-6(12)8(5)18-9(16)7(3-17-18)19(20)21;1-3-5-11(6-4-2)8(12)7(9)10;5-3(6)1-4-2-10(7,8)9;1-4(2)3/h6-8,12H,5,9-10H2,1-4H3;1-3H,16H2;3-4,7H,1-2,5-6H2;4H,1-2H2,(H,5,6)(H2,7,8,9);1-3H3/q;;;;+1/p-1. The second-order valence-corrected chi connectivity index (χ2v) is 19.7. The number of amides is 2. The van der Waals surface area contributed by atoms with Gasteiger partial charge in [-0.3, -0.25) is 29.8 Å². The number of nitrogens with two attached hydrogens (primary N) is 1. The molecule has 372 valence electrons. The van der Waals surface area contributed by atoms with Crippen molar-refractivity contribution < 1.29 is 56.7 Å². The maximum Gasteiger partial charge on any atom is 0.416 e. The molecule has 5 N–H and O–H groups in total. The quantitative estimate of drug-likeness (QED) is 0.0256. The number of carbonyl (C=O) groups is 3. The number of aliphatic carboxylic acids is 1. The number of aromatic nitrogens is 2. The minimum absolute atomic E-state index is 0.0223. The van der Waals surface area contributed by atoms with E-state index in [0.29, 0.717) is 42.7 Å². The van der Waals surface area contributed by atoms with Gasteiger partial charge in [0, 0.05) is 20.2 Å². The molecular weight excluding hydrogens is 1020 g/mol. The first-order valence-corrected chi connectivity index (χ1v) is 25.1. The van der Waals surface area contributed by atoms with Crippen LogP contribution in [-0.4, -0.2) is 123 Å². The van der Waals surface area contributed by atoms with Gasteiger partial charge in [-0.2, -0.15) is 18.3 Å². The number of carbonyl (C=O) groups excluding carboxylic acids is 2. The summed E-state index contributed by atoms with van der Waals surface area (Å²) in [6, 6.07) is 7.31. The summed E-state index contributed by atoms with van der Waals surface area (Å²) in [6.07, 6.45) is 6.18. The van der Waals surface area contributed by atoms with Crippen LogP contribution >= 0.6 is 65.6 Å². The van der Waals surface area contributed by atoms with Crippen molar-refractivity contribution in [3.8, 4) is 5.69 Å². The van der Waals surface area contributed by atoms with Gasteiger partial charge in [-0.25, -0.2) is 4.68 Å². The fraction of sp³-hybridized carbons (Fsp3) is 0.436. The molecule has 27 heteroatoms. The number of nitro groups is 1. The Kier molecular flexibility index (Phi) is 31.5. The molecule has 66 heavy (non-hydrogen) atoms. The van der Waals surface area contributed by atoms with Crippen LogP contribution in [0, 0.1) is 17.0 Å². The predicted octanol–water partition coefficient (Wildman–Crippen LogP) is 7.50. The first-order chi connectivity index (χ1) is 30.5. The molecule has 3 rings (SSSR count). The minimum Gasteiger partial charge on any atom is -0.778 e. The number of halogens is 8. The van der Waals surface area contributed by atoms with Crippen molar-refractivity contribution in [2.45, 2.75) is 44.2 Å². The van der Waals surface area contributed by atoms with Gasteiger partial charge in [0.05, 0.1) is 70.5 Å². The summed E-state index contributed by atoms with van der Waals surface area (Å²) in [6.45, 7) is 14.0. The molecule has 17 nitrogen and oxygen atoms in total. The summed E-state index contributed by atoms with van der Waals surface area (Å²) in [5, 5.41) is 23.5. The molecule has 2 amide bonds. The zero-order valence-corrected chi connectivity index (χ0v) is 42.5. The summed E-state index contributed by atoms with van der Waals surface area (Å²) in [5.74, 6) is -2.00. The van der Waals surface area contributed by atoms with Gasteiger partial charge in [0.25, 0.3) is 5.91 Å². The lowest BCUT2D eigenvalue weighted by Crippen LogP contribution is -2.43. The van der Waals surface area contributed by atoms with Crippen LogP contribution in [0.5, 0.6) is 0 Å². The maximum atomic E-state index is 12.6. The van der Waals surface area contributed by atoms with Gasteiger partial charge >= 0.3 is 17.8 Å². The highest BCUT2D eigenvalue weighted by atomic mass is 35.5. The van der Waals surface area contributed by atoms with Crippen molar-refractivity contribution in [1.82, 2.24) is 20.0 Å². The molecule has 0 aliphatic rings. The summed E-state index contributed by atoms with van der Waals surface area (Å²) in [5.41, 5.74) is 6.99. The third kappa shape index (κ3) is 24.4. The first kappa shape index (κ1) is 64.5. The molecule has 1 heterocycles. The number of hydrogen-bond acceptors (Lipinski definition) is 11. The van der Waals surface area contributed by atoms with E-state index in [9.17, 15) is 47.1 Å². The molecule has 3 aromatic rings. The predicted molar refractivity (Wildman–Crippen MR) is 258 cm³/mol. The lowest BCUT2D eigenvalue weighted by Gasteiger charge is -2.31. The van der Waals surface area contributed by atoms with Crippen LogP contribution in [0.3, 0.4) is 0 Å². The Balaban J connectivity index is 0. The second-order valence-electron chi connectivity index (χ2n) is 13.5. The van der Waals surface area contributed by atoms with Crippen LogP contribution in [0.2, 0.25) is 10.0 Å². The number of carboxylic acids is 1. The normalized spacial score (nSPS) is 12.0. The Hall–Kier alpha value is -3.60. The molecule has 1 aromatic heterocycles. The zero-order valence-electron chi connectivity index (χ0n) is 37.0. The third-order valence-electron chi connectivity index (χ3n) is 7.50. The number of benzene rings is 2. The van der Waals surface area contributed by atoms with Crippen LogP contribution in [0.4, 0.5) is 30.4 Å². The number of para-hydroxylation sites is 1.